The molecule has 0 bridgehead atoms. The predicted molar refractivity (Wildman–Crippen MR) is 87.3 cm³/mol. The van der Waals surface area contributed by atoms with Gasteiger partial charge in [-0.05, 0) is 64.9 Å². The van der Waals surface area contributed by atoms with Crippen LogP contribution in [0, 0.1) is 3.57 Å². The number of anilines is 1. The van der Waals surface area contributed by atoms with E-state index in [2.05, 4.69) is 71.2 Å². The average Bonchev–Trinajstić information content (AvgIpc) is 2.37. The van der Waals surface area contributed by atoms with Gasteiger partial charge in [0, 0.05) is 14.3 Å². The maximum absolute atomic E-state index is 5.92. The minimum absolute atomic E-state index is 0.320. The van der Waals surface area contributed by atoms with Crippen LogP contribution in [0.3, 0.4) is 0 Å². The number of benzene rings is 2. The molecule has 2 aromatic rings. The molecule has 0 amide bonds. The first kappa shape index (κ1) is 13.7. The Morgan fingerprint density at radius 1 is 1.17 bits per heavy atom. The Labute approximate surface area is 127 Å². The summed E-state index contributed by atoms with van der Waals surface area (Å²) in [6.45, 7) is 2.18. The zero-order valence-electron chi connectivity index (χ0n) is 10.2. The van der Waals surface area contributed by atoms with E-state index < -0.39 is 0 Å². The van der Waals surface area contributed by atoms with Crippen LogP contribution in [0.15, 0.2) is 48.5 Å². The molecule has 0 fully saturated rings. The monoisotopic (exact) mass is 371 g/mol. The van der Waals surface area contributed by atoms with Gasteiger partial charge in [0.05, 0.1) is 6.04 Å². The number of hydrogen-bond donors (Lipinski definition) is 1. The summed E-state index contributed by atoms with van der Waals surface area (Å²) in [4.78, 5) is 0. The molecule has 1 N–H and O–H groups in total. The highest BCUT2D eigenvalue weighted by atomic mass is 127. The van der Waals surface area contributed by atoms with E-state index in [-0.39, 0.29) is 0 Å². The van der Waals surface area contributed by atoms with Gasteiger partial charge in [-0.3, -0.25) is 0 Å². The molecule has 1 atom stereocenters. The fraction of sp³-hybridized carbons (Fsp3) is 0.200. The SMILES string of the molecule is CCC(Nc1cccc(I)c1)c1ccc(Cl)cc1. The number of halogens is 2. The van der Waals surface area contributed by atoms with Crippen LogP contribution in [0.1, 0.15) is 24.9 Å². The van der Waals surface area contributed by atoms with Crippen molar-refractivity contribution in [2.75, 3.05) is 5.32 Å². The highest BCUT2D eigenvalue weighted by Gasteiger charge is 2.08. The van der Waals surface area contributed by atoms with Gasteiger partial charge in [-0.15, -0.1) is 0 Å². The Balaban J connectivity index is 2.17. The molecule has 2 rings (SSSR count). The van der Waals surface area contributed by atoms with Crippen LogP contribution in [0.5, 0.6) is 0 Å². The Bertz CT molecular complexity index is 510. The molecule has 0 radical (unpaired) electrons. The van der Waals surface area contributed by atoms with E-state index in [9.17, 15) is 0 Å². The molecule has 0 spiro atoms. The second-order valence-corrected chi connectivity index (χ2v) is 5.85. The lowest BCUT2D eigenvalue weighted by Gasteiger charge is -2.19. The van der Waals surface area contributed by atoms with Crippen molar-refractivity contribution >= 4 is 39.9 Å². The van der Waals surface area contributed by atoms with Crippen LogP contribution in [-0.4, -0.2) is 0 Å². The molecule has 94 valence electrons. The summed E-state index contributed by atoms with van der Waals surface area (Å²) in [5, 5.41) is 4.34. The molecule has 1 unspecified atom stereocenters. The lowest BCUT2D eigenvalue weighted by molar-refractivity contribution is 0.749. The van der Waals surface area contributed by atoms with Crippen molar-refractivity contribution in [1.29, 1.82) is 0 Å². The zero-order chi connectivity index (χ0) is 13.0. The van der Waals surface area contributed by atoms with Gasteiger partial charge in [0.2, 0.25) is 0 Å². The van der Waals surface area contributed by atoms with Crippen LogP contribution >= 0.6 is 34.2 Å². The molecule has 0 aliphatic carbocycles. The Morgan fingerprint density at radius 2 is 1.89 bits per heavy atom. The third-order valence-corrected chi connectivity index (χ3v) is 3.77. The first-order valence-electron chi connectivity index (χ1n) is 5.96. The van der Waals surface area contributed by atoms with Crippen LogP contribution in [0.25, 0.3) is 0 Å². The van der Waals surface area contributed by atoms with Crippen molar-refractivity contribution in [2.45, 2.75) is 19.4 Å². The Kier molecular flexibility index (Phi) is 4.89. The third-order valence-electron chi connectivity index (χ3n) is 2.85. The minimum Gasteiger partial charge on any atom is -0.378 e. The van der Waals surface area contributed by atoms with Crippen LogP contribution in [0.2, 0.25) is 5.02 Å². The van der Waals surface area contributed by atoms with Gasteiger partial charge in [-0.25, -0.2) is 0 Å². The molecule has 0 saturated heterocycles. The summed E-state index contributed by atoms with van der Waals surface area (Å²) in [6.07, 6.45) is 1.03. The summed E-state index contributed by atoms with van der Waals surface area (Å²) < 4.78 is 1.24. The van der Waals surface area contributed by atoms with Crippen LogP contribution < -0.4 is 5.32 Å². The van der Waals surface area contributed by atoms with Crippen molar-refractivity contribution in [3.8, 4) is 0 Å². The molecule has 1 nitrogen and oxygen atoms in total. The normalized spacial score (nSPS) is 12.2. The number of hydrogen-bond acceptors (Lipinski definition) is 1. The lowest BCUT2D eigenvalue weighted by Crippen LogP contribution is -2.09. The Morgan fingerprint density at radius 3 is 2.50 bits per heavy atom. The third kappa shape index (κ3) is 3.62. The van der Waals surface area contributed by atoms with Crippen molar-refractivity contribution in [1.82, 2.24) is 0 Å². The van der Waals surface area contributed by atoms with Gasteiger partial charge < -0.3 is 5.32 Å². The first-order chi connectivity index (χ1) is 8.69. The quantitative estimate of drug-likeness (QED) is 0.699. The van der Waals surface area contributed by atoms with E-state index in [1.165, 1.54) is 9.13 Å². The standard InChI is InChI=1S/C15H15ClIN/c1-2-15(11-6-8-12(16)9-7-11)18-14-5-3-4-13(17)10-14/h3-10,15,18H,2H2,1H3. The fourth-order valence-electron chi connectivity index (χ4n) is 1.90. The largest absolute Gasteiger partial charge is 0.378 e. The molecular formula is C15H15ClIN. The molecule has 0 saturated carbocycles. The molecule has 0 aliphatic rings. The van der Waals surface area contributed by atoms with Gasteiger partial charge in [-0.2, -0.15) is 0 Å². The fourth-order valence-corrected chi connectivity index (χ4v) is 2.56. The maximum atomic E-state index is 5.92. The van der Waals surface area contributed by atoms with Gasteiger partial charge in [0.1, 0.15) is 0 Å². The number of nitrogens with one attached hydrogen (secondary N) is 1. The smallest absolute Gasteiger partial charge is 0.0511 e. The van der Waals surface area contributed by atoms with Gasteiger partial charge in [0.15, 0.2) is 0 Å². The van der Waals surface area contributed by atoms with Crippen molar-refractivity contribution < 1.29 is 0 Å². The van der Waals surface area contributed by atoms with E-state index in [1.54, 1.807) is 0 Å². The molecule has 2 aromatic carbocycles. The van der Waals surface area contributed by atoms with E-state index in [1.807, 2.05) is 12.1 Å². The van der Waals surface area contributed by atoms with Crippen LogP contribution in [0.4, 0.5) is 5.69 Å². The summed E-state index contributed by atoms with van der Waals surface area (Å²) in [6, 6.07) is 16.8. The first-order valence-corrected chi connectivity index (χ1v) is 7.42. The lowest BCUT2D eigenvalue weighted by atomic mass is 10.0. The average molecular weight is 372 g/mol. The highest BCUT2D eigenvalue weighted by molar-refractivity contribution is 14.1. The summed E-state index contributed by atoms with van der Waals surface area (Å²) in [5.41, 5.74) is 2.42. The summed E-state index contributed by atoms with van der Waals surface area (Å²) in [7, 11) is 0. The summed E-state index contributed by atoms with van der Waals surface area (Å²) in [5.74, 6) is 0. The summed E-state index contributed by atoms with van der Waals surface area (Å²) >= 11 is 8.24. The van der Waals surface area contributed by atoms with Crippen molar-refractivity contribution in [2.24, 2.45) is 0 Å². The number of rotatable bonds is 4. The van der Waals surface area contributed by atoms with Crippen LogP contribution in [-0.2, 0) is 0 Å². The van der Waals surface area contributed by atoms with Gasteiger partial charge in [0.25, 0.3) is 0 Å². The molecule has 18 heavy (non-hydrogen) atoms. The maximum Gasteiger partial charge on any atom is 0.0511 e. The van der Waals surface area contributed by atoms with E-state index in [0.29, 0.717) is 6.04 Å². The second-order valence-electron chi connectivity index (χ2n) is 4.17. The molecular weight excluding hydrogens is 357 g/mol. The predicted octanol–water partition coefficient (Wildman–Crippen LogP) is 5.51. The van der Waals surface area contributed by atoms with Gasteiger partial charge >= 0.3 is 0 Å². The molecule has 0 aliphatic heterocycles. The second kappa shape index (κ2) is 6.43. The topological polar surface area (TPSA) is 12.0 Å². The Hall–Kier alpha value is -0.740. The van der Waals surface area contributed by atoms with E-state index in [4.69, 9.17) is 11.6 Å². The minimum atomic E-state index is 0.320. The van der Waals surface area contributed by atoms with Crippen molar-refractivity contribution in [3.63, 3.8) is 0 Å². The van der Waals surface area contributed by atoms with E-state index in [0.717, 1.165) is 17.1 Å². The van der Waals surface area contributed by atoms with E-state index >= 15 is 0 Å². The van der Waals surface area contributed by atoms with Crippen molar-refractivity contribution in [3.05, 3.63) is 62.7 Å². The molecule has 0 heterocycles. The molecule has 3 heteroatoms. The zero-order valence-corrected chi connectivity index (χ0v) is 13.1. The highest BCUT2D eigenvalue weighted by Crippen LogP contribution is 2.24. The molecule has 0 aromatic heterocycles. The van der Waals surface area contributed by atoms with Gasteiger partial charge in [-0.1, -0.05) is 36.7 Å².